The maximum absolute atomic E-state index is 12.5. The first-order valence-electron chi connectivity index (χ1n) is 13.3. The Morgan fingerprint density at radius 1 is 1.24 bits per heavy atom. The van der Waals surface area contributed by atoms with E-state index in [1.165, 1.54) is 5.57 Å². The zero-order valence-corrected chi connectivity index (χ0v) is 23.6. The molecule has 0 unspecified atom stereocenters. The molecule has 0 aliphatic carbocycles. The molecule has 4 rings (SSSR count). The number of anilines is 1. The van der Waals surface area contributed by atoms with Gasteiger partial charge in [-0.1, -0.05) is 11.6 Å². The predicted molar refractivity (Wildman–Crippen MR) is 150 cm³/mol. The number of likely N-dealkylation sites (N-methyl/N-ethyl adjacent to an activating group) is 1. The van der Waals surface area contributed by atoms with Crippen LogP contribution < -0.4 is 10.2 Å². The van der Waals surface area contributed by atoms with Gasteiger partial charge in [-0.15, -0.1) is 0 Å². The van der Waals surface area contributed by atoms with Crippen molar-refractivity contribution >= 4 is 23.5 Å². The minimum Gasteiger partial charge on any atom is -0.444 e. The molecule has 0 saturated heterocycles. The van der Waals surface area contributed by atoms with Crippen molar-refractivity contribution in [2.75, 3.05) is 25.0 Å². The van der Waals surface area contributed by atoms with E-state index in [1.54, 1.807) is 18.9 Å². The maximum atomic E-state index is 12.5. The fourth-order valence-electron chi connectivity index (χ4n) is 4.95. The molecular weight excluding hydrogens is 480 g/mol. The first-order valence-corrected chi connectivity index (χ1v) is 13.3. The summed E-state index contributed by atoms with van der Waals surface area (Å²) >= 11 is 0. The number of fused-ring (bicyclic) bond motifs is 1. The van der Waals surface area contributed by atoms with Gasteiger partial charge in [-0.2, -0.15) is 5.10 Å². The lowest BCUT2D eigenvalue weighted by Gasteiger charge is -2.40. The lowest BCUT2D eigenvalue weighted by Crippen LogP contribution is -2.45. The molecule has 2 aromatic rings. The van der Waals surface area contributed by atoms with Crippen LogP contribution >= 0.6 is 0 Å². The van der Waals surface area contributed by atoms with E-state index in [0.29, 0.717) is 13.1 Å². The number of nitrogens with zero attached hydrogens (tertiary/aromatic N) is 5. The molecule has 0 spiro atoms. The number of aromatic nitrogens is 2. The standard InChI is InChI=1S/C29H40N6O3/c1-19-10-11-30-27(14-19)32-25-15-20(2)35(21(3)36)26-9-8-22(16-24(25)26)23-17-31-34(18-23)13-12-33(7)28(37)38-29(4,5)6/h8-9,14,16-18,20,25H,10-13,15H2,1-7H3,(H,30,32)/t20-,25+/m0/s1. The second-order valence-electron chi connectivity index (χ2n) is 11.3. The summed E-state index contributed by atoms with van der Waals surface area (Å²) in [6.07, 6.45) is 7.37. The van der Waals surface area contributed by atoms with Crippen LogP contribution in [0.1, 0.15) is 66.0 Å². The molecule has 0 saturated carbocycles. The van der Waals surface area contributed by atoms with Gasteiger partial charge in [0.15, 0.2) is 0 Å². The lowest BCUT2D eigenvalue weighted by molar-refractivity contribution is -0.117. The summed E-state index contributed by atoms with van der Waals surface area (Å²) in [6, 6.07) is 6.34. The topological polar surface area (TPSA) is 92.1 Å². The molecule has 0 fully saturated rings. The van der Waals surface area contributed by atoms with Gasteiger partial charge >= 0.3 is 6.09 Å². The van der Waals surface area contributed by atoms with Gasteiger partial charge in [-0.25, -0.2) is 4.79 Å². The number of hydrogen-bond donors (Lipinski definition) is 1. The van der Waals surface area contributed by atoms with Crippen LogP contribution in [-0.4, -0.2) is 64.3 Å². The smallest absolute Gasteiger partial charge is 0.410 e. The Hall–Kier alpha value is -3.62. The van der Waals surface area contributed by atoms with Crippen LogP contribution in [0, 0.1) is 0 Å². The normalized spacial score (nSPS) is 19.3. The monoisotopic (exact) mass is 520 g/mol. The minimum absolute atomic E-state index is 0.0361. The molecule has 38 heavy (non-hydrogen) atoms. The molecule has 3 heterocycles. The second-order valence-corrected chi connectivity index (χ2v) is 11.3. The van der Waals surface area contributed by atoms with Crippen LogP contribution in [0.15, 0.2) is 47.2 Å². The zero-order valence-electron chi connectivity index (χ0n) is 23.6. The number of carbonyl (C=O) groups excluding carboxylic acids is 2. The summed E-state index contributed by atoms with van der Waals surface area (Å²) in [6.45, 7) is 13.2. The van der Waals surface area contributed by atoms with Crippen LogP contribution in [0.3, 0.4) is 0 Å². The highest BCUT2D eigenvalue weighted by molar-refractivity contribution is 5.96. The fraction of sp³-hybridized carbons (Fsp3) is 0.517. The Bertz CT molecular complexity index is 1260. The van der Waals surface area contributed by atoms with Crippen LogP contribution in [0.4, 0.5) is 10.5 Å². The number of rotatable bonds is 5. The zero-order chi connectivity index (χ0) is 27.6. The second kappa shape index (κ2) is 11.0. The quantitative estimate of drug-likeness (QED) is 0.603. The number of aliphatic imine (C=N–C) groups is 1. The van der Waals surface area contributed by atoms with Gasteiger partial charge in [0, 0.05) is 50.6 Å². The van der Waals surface area contributed by atoms with Crippen molar-refractivity contribution in [1.29, 1.82) is 0 Å². The molecule has 2 amide bonds. The highest BCUT2D eigenvalue weighted by Gasteiger charge is 2.33. The minimum atomic E-state index is -0.530. The first kappa shape index (κ1) is 27.4. The number of amidine groups is 1. The summed E-state index contributed by atoms with van der Waals surface area (Å²) in [4.78, 5) is 32.9. The van der Waals surface area contributed by atoms with E-state index in [-0.39, 0.29) is 24.1 Å². The average molecular weight is 521 g/mol. The molecule has 2 atom stereocenters. The Labute approximate surface area is 225 Å². The van der Waals surface area contributed by atoms with Crippen molar-refractivity contribution in [1.82, 2.24) is 20.0 Å². The number of amides is 2. The van der Waals surface area contributed by atoms with Gasteiger partial charge in [0.1, 0.15) is 11.4 Å². The van der Waals surface area contributed by atoms with E-state index in [4.69, 9.17) is 4.74 Å². The van der Waals surface area contributed by atoms with Crippen molar-refractivity contribution in [3.63, 3.8) is 0 Å². The molecule has 0 radical (unpaired) electrons. The van der Waals surface area contributed by atoms with Crippen LogP contribution in [-0.2, 0) is 16.1 Å². The van der Waals surface area contributed by atoms with Crippen molar-refractivity contribution in [3.05, 3.63) is 47.8 Å². The Morgan fingerprint density at radius 3 is 2.68 bits per heavy atom. The van der Waals surface area contributed by atoms with Crippen LogP contribution in [0.5, 0.6) is 0 Å². The van der Waals surface area contributed by atoms with Gasteiger partial charge in [-0.05, 0) is 76.8 Å². The van der Waals surface area contributed by atoms with Crippen molar-refractivity contribution in [3.8, 4) is 11.1 Å². The summed E-state index contributed by atoms with van der Waals surface area (Å²) in [5.74, 6) is 0.943. The molecule has 1 aromatic heterocycles. The fourth-order valence-corrected chi connectivity index (χ4v) is 4.95. The number of carbonyl (C=O) groups is 2. The van der Waals surface area contributed by atoms with Gasteiger partial charge < -0.3 is 19.9 Å². The number of ether oxygens (including phenoxy) is 1. The van der Waals surface area contributed by atoms with E-state index >= 15 is 0 Å². The van der Waals surface area contributed by atoms with Crippen LogP contribution in [0.2, 0.25) is 0 Å². The highest BCUT2D eigenvalue weighted by atomic mass is 16.6. The van der Waals surface area contributed by atoms with Crippen molar-refractivity contribution in [2.45, 2.75) is 78.6 Å². The predicted octanol–water partition coefficient (Wildman–Crippen LogP) is 4.94. The maximum Gasteiger partial charge on any atom is 0.410 e. The summed E-state index contributed by atoms with van der Waals surface area (Å²) in [5, 5.41) is 8.16. The molecule has 0 bridgehead atoms. The van der Waals surface area contributed by atoms with Gasteiger partial charge in [-0.3, -0.25) is 14.5 Å². The third-order valence-electron chi connectivity index (χ3n) is 6.85. The summed E-state index contributed by atoms with van der Waals surface area (Å²) in [7, 11) is 1.73. The number of nitrogens with one attached hydrogen (secondary N) is 1. The molecule has 2 aliphatic rings. The lowest BCUT2D eigenvalue weighted by atomic mass is 9.89. The SMILES string of the molecule is CC(=O)N1c2ccc(-c3cnn(CCN(C)C(=O)OC(C)(C)C)c3)cc2[C@H](NC2=NCCC(C)=C2)C[C@@H]1C. The Balaban J connectivity index is 1.55. The summed E-state index contributed by atoms with van der Waals surface area (Å²) in [5.41, 5.74) is 4.80. The Morgan fingerprint density at radius 2 is 2.00 bits per heavy atom. The molecule has 204 valence electrons. The third-order valence-corrected chi connectivity index (χ3v) is 6.85. The van der Waals surface area contributed by atoms with E-state index in [2.05, 4.69) is 41.4 Å². The van der Waals surface area contributed by atoms with E-state index in [1.807, 2.05) is 54.9 Å². The Kier molecular flexibility index (Phi) is 7.94. The van der Waals surface area contributed by atoms with Crippen molar-refractivity contribution < 1.29 is 14.3 Å². The highest BCUT2D eigenvalue weighted by Crippen LogP contribution is 2.39. The van der Waals surface area contributed by atoms with Gasteiger partial charge in [0.2, 0.25) is 5.91 Å². The number of benzene rings is 1. The van der Waals surface area contributed by atoms with E-state index in [9.17, 15) is 9.59 Å². The average Bonchev–Trinajstić information content (AvgIpc) is 3.30. The number of dihydropyridines is 1. The molecule has 1 N–H and O–H groups in total. The van der Waals surface area contributed by atoms with Gasteiger partial charge in [0.05, 0.1) is 18.8 Å². The molecule has 2 aliphatic heterocycles. The third kappa shape index (κ3) is 6.44. The van der Waals surface area contributed by atoms with Crippen molar-refractivity contribution in [2.24, 2.45) is 4.99 Å². The van der Waals surface area contributed by atoms with Gasteiger partial charge in [0.25, 0.3) is 0 Å². The largest absolute Gasteiger partial charge is 0.444 e. The molecule has 1 aromatic carbocycles. The van der Waals surface area contributed by atoms with Crippen LogP contribution in [0.25, 0.3) is 11.1 Å². The molecule has 9 nitrogen and oxygen atoms in total. The van der Waals surface area contributed by atoms with E-state index < -0.39 is 5.60 Å². The molecule has 9 heteroatoms. The first-order chi connectivity index (χ1) is 17.9. The van der Waals surface area contributed by atoms with E-state index in [0.717, 1.165) is 47.6 Å². The summed E-state index contributed by atoms with van der Waals surface area (Å²) < 4.78 is 7.26. The number of hydrogen-bond acceptors (Lipinski definition) is 6. The molecular formula is C29H40N6O3.